The van der Waals surface area contributed by atoms with E-state index in [1.54, 1.807) is 25.1 Å². The van der Waals surface area contributed by atoms with E-state index in [1.807, 2.05) is 24.3 Å². The van der Waals surface area contributed by atoms with E-state index in [4.69, 9.17) is 11.5 Å². The molecule has 0 aliphatic rings. The highest BCUT2D eigenvalue weighted by Crippen LogP contribution is 2.28. The van der Waals surface area contributed by atoms with Crippen LogP contribution in [0.3, 0.4) is 0 Å². The first kappa shape index (κ1) is 17.3. The molecule has 0 radical (unpaired) electrons. The van der Waals surface area contributed by atoms with Crippen LogP contribution in [-0.4, -0.2) is 5.78 Å². The summed E-state index contributed by atoms with van der Waals surface area (Å²) < 4.78 is 0. The Balaban J connectivity index is 0.00000162. The number of carbonyl (C=O) groups excluding carboxylic acids is 1. The van der Waals surface area contributed by atoms with Crippen LogP contribution in [-0.2, 0) is 0 Å². The fraction of sp³-hybridized carbons (Fsp3) is 0.0714. The molecule has 0 amide bonds. The lowest BCUT2D eigenvalue weighted by Gasteiger charge is -2.08. The molecule has 0 unspecified atom stereocenters. The van der Waals surface area contributed by atoms with Crippen molar-refractivity contribution in [2.75, 3.05) is 11.5 Å². The topological polar surface area (TPSA) is 69.1 Å². The third kappa shape index (κ3) is 3.88. The molecule has 3 nitrogen and oxygen atoms in total. The van der Waals surface area contributed by atoms with Crippen LogP contribution in [0.15, 0.2) is 42.5 Å². The molecular weight excluding hydrogens is 283 g/mol. The van der Waals surface area contributed by atoms with Gasteiger partial charge in [0, 0.05) is 22.5 Å². The first-order valence-corrected chi connectivity index (χ1v) is 5.34. The van der Waals surface area contributed by atoms with Crippen molar-refractivity contribution in [1.29, 1.82) is 0 Å². The molecule has 19 heavy (non-hydrogen) atoms. The Morgan fingerprint density at radius 3 is 2.32 bits per heavy atom. The van der Waals surface area contributed by atoms with Crippen molar-refractivity contribution in [2.24, 2.45) is 0 Å². The van der Waals surface area contributed by atoms with Gasteiger partial charge in [-0.3, -0.25) is 4.79 Å². The minimum atomic E-state index is 0. The number of hydrogen-bond acceptors (Lipinski definition) is 3. The molecule has 5 heteroatoms. The first-order chi connectivity index (χ1) is 8.08. The van der Waals surface area contributed by atoms with E-state index in [0.29, 0.717) is 16.9 Å². The summed E-state index contributed by atoms with van der Waals surface area (Å²) in [6.07, 6.45) is 0. The lowest BCUT2D eigenvalue weighted by atomic mass is 10.00. The van der Waals surface area contributed by atoms with Crippen LogP contribution in [0.5, 0.6) is 0 Å². The second-order valence-corrected chi connectivity index (χ2v) is 3.98. The Morgan fingerprint density at radius 1 is 1.00 bits per heavy atom. The Labute approximate surface area is 124 Å². The molecule has 0 spiro atoms. The Kier molecular flexibility index (Phi) is 6.39. The first-order valence-electron chi connectivity index (χ1n) is 5.34. The fourth-order valence-electron chi connectivity index (χ4n) is 1.73. The van der Waals surface area contributed by atoms with Gasteiger partial charge in [0.2, 0.25) is 0 Å². The lowest BCUT2D eigenvalue weighted by Crippen LogP contribution is -1.95. The van der Waals surface area contributed by atoms with Crippen molar-refractivity contribution in [1.82, 2.24) is 0 Å². The van der Waals surface area contributed by atoms with Crippen molar-refractivity contribution >= 4 is 42.0 Å². The molecule has 0 fully saturated rings. The highest BCUT2D eigenvalue weighted by Gasteiger charge is 2.05. The molecule has 0 bridgehead atoms. The molecule has 0 atom stereocenters. The van der Waals surface area contributed by atoms with Crippen LogP contribution in [0.25, 0.3) is 11.1 Å². The molecule has 0 saturated carbocycles. The molecule has 2 rings (SSSR count). The van der Waals surface area contributed by atoms with Crippen molar-refractivity contribution in [2.45, 2.75) is 6.92 Å². The van der Waals surface area contributed by atoms with Gasteiger partial charge in [-0.05, 0) is 36.8 Å². The van der Waals surface area contributed by atoms with Gasteiger partial charge in [0.25, 0.3) is 0 Å². The van der Waals surface area contributed by atoms with Gasteiger partial charge in [-0.25, -0.2) is 0 Å². The average Bonchev–Trinajstić information content (AvgIpc) is 2.32. The van der Waals surface area contributed by atoms with Crippen LogP contribution < -0.4 is 11.5 Å². The van der Waals surface area contributed by atoms with Crippen molar-refractivity contribution in [3.63, 3.8) is 0 Å². The summed E-state index contributed by atoms with van der Waals surface area (Å²) in [5.74, 6) is 0.0364. The van der Waals surface area contributed by atoms with Crippen LogP contribution >= 0.6 is 24.8 Å². The van der Waals surface area contributed by atoms with Crippen LogP contribution in [0.4, 0.5) is 11.4 Å². The van der Waals surface area contributed by atoms with E-state index in [2.05, 4.69) is 0 Å². The van der Waals surface area contributed by atoms with Gasteiger partial charge in [0.1, 0.15) is 0 Å². The average molecular weight is 299 g/mol. The zero-order valence-corrected chi connectivity index (χ0v) is 12.1. The zero-order chi connectivity index (χ0) is 12.4. The number of benzene rings is 2. The van der Waals surface area contributed by atoms with E-state index in [-0.39, 0.29) is 30.6 Å². The smallest absolute Gasteiger partial charge is 0.159 e. The van der Waals surface area contributed by atoms with Gasteiger partial charge < -0.3 is 11.5 Å². The van der Waals surface area contributed by atoms with E-state index in [0.717, 1.165) is 11.1 Å². The van der Waals surface area contributed by atoms with Gasteiger partial charge in [0.05, 0.1) is 0 Å². The summed E-state index contributed by atoms with van der Waals surface area (Å²) in [4.78, 5) is 11.3. The highest BCUT2D eigenvalue weighted by molar-refractivity contribution is 5.95. The van der Waals surface area contributed by atoms with E-state index in [9.17, 15) is 4.79 Å². The number of hydrogen-bond donors (Lipinski definition) is 2. The number of carbonyl (C=O) groups is 1. The Morgan fingerprint density at radius 2 is 1.68 bits per heavy atom. The Hall–Kier alpha value is -1.71. The number of halogens is 2. The third-order valence-corrected chi connectivity index (χ3v) is 2.66. The second-order valence-electron chi connectivity index (χ2n) is 3.98. The normalized spacial score (nSPS) is 9.11. The molecular formula is C14H16Cl2N2O. The molecule has 0 heterocycles. The molecule has 0 aliphatic heterocycles. The number of anilines is 2. The summed E-state index contributed by atoms with van der Waals surface area (Å²) in [6, 6.07) is 12.7. The van der Waals surface area contributed by atoms with Crippen LogP contribution in [0.1, 0.15) is 17.3 Å². The predicted molar refractivity (Wildman–Crippen MR) is 85.2 cm³/mol. The molecule has 0 aromatic heterocycles. The Bertz CT molecular complexity index is 585. The van der Waals surface area contributed by atoms with Crippen molar-refractivity contribution in [3.8, 4) is 11.1 Å². The standard InChI is InChI=1S/C14H14N2O.2ClH/c1-9(17)10-3-2-4-11(7-10)13-8-12(15)5-6-14(13)16;;/h2-8H,15-16H2,1H3;2*1H. The zero-order valence-electron chi connectivity index (χ0n) is 10.4. The number of Topliss-reactive ketones (excluding diaryl/α,β-unsaturated/α-hetero) is 1. The quantitative estimate of drug-likeness (QED) is 0.658. The number of rotatable bonds is 2. The predicted octanol–water partition coefficient (Wildman–Crippen LogP) is 3.56. The second kappa shape index (κ2) is 7.02. The van der Waals surface area contributed by atoms with Gasteiger partial charge in [0.15, 0.2) is 5.78 Å². The van der Waals surface area contributed by atoms with Crippen LogP contribution in [0.2, 0.25) is 0 Å². The molecule has 0 aliphatic carbocycles. The molecule has 4 N–H and O–H groups in total. The van der Waals surface area contributed by atoms with Gasteiger partial charge in [-0.15, -0.1) is 24.8 Å². The van der Waals surface area contributed by atoms with Gasteiger partial charge in [-0.2, -0.15) is 0 Å². The molecule has 2 aromatic rings. The van der Waals surface area contributed by atoms with E-state index >= 15 is 0 Å². The van der Waals surface area contributed by atoms with E-state index < -0.39 is 0 Å². The summed E-state index contributed by atoms with van der Waals surface area (Å²) >= 11 is 0. The maximum absolute atomic E-state index is 11.3. The molecule has 102 valence electrons. The molecule has 2 aromatic carbocycles. The van der Waals surface area contributed by atoms with Crippen LogP contribution in [0, 0.1) is 0 Å². The number of nitrogen functional groups attached to an aromatic ring is 2. The summed E-state index contributed by atoms with van der Waals surface area (Å²) in [6.45, 7) is 1.54. The molecule has 0 saturated heterocycles. The van der Waals surface area contributed by atoms with Crippen molar-refractivity contribution < 1.29 is 4.79 Å². The minimum absolute atomic E-state index is 0. The van der Waals surface area contributed by atoms with Gasteiger partial charge >= 0.3 is 0 Å². The monoisotopic (exact) mass is 298 g/mol. The maximum atomic E-state index is 11.3. The number of nitrogens with two attached hydrogens (primary N) is 2. The third-order valence-electron chi connectivity index (χ3n) is 2.66. The lowest BCUT2D eigenvalue weighted by molar-refractivity contribution is 0.101. The van der Waals surface area contributed by atoms with Gasteiger partial charge in [-0.1, -0.05) is 18.2 Å². The summed E-state index contributed by atoms with van der Waals surface area (Å²) in [5, 5.41) is 0. The SMILES string of the molecule is CC(=O)c1cccc(-c2cc(N)ccc2N)c1.Cl.Cl. The largest absolute Gasteiger partial charge is 0.399 e. The number of ketones is 1. The van der Waals surface area contributed by atoms with Crippen molar-refractivity contribution in [3.05, 3.63) is 48.0 Å². The maximum Gasteiger partial charge on any atom is 0.159 e. The fourth-order valence-corrected chi connectivity index (χ4v) is 1.73. The summed E-state index contributed by atoms with van der Waals surface area (Å²) in [7, 11) is 0. The highest BCUT2D eigenvalue weighted by atomic mass is 35.5. The minimum Gasteiger partial charge on any atom is -0.399 e. The summed E-state index contributed by atoms with van der Waals surface area (Å²) in [5.41, 5.74) is 15.4. The van der Waals surface area contributed by atoms with E-state index in [1.165, 1.54) is 0 Å².